The van der Waals surface area contributed by atoms with Gasteiger partial charge in [-0.25, -0.2) is 0 Å². The van der Waals surface area contributed by atoms with Crippen molar-refractivity contribution in [2.24, 2.45) is 0 Å². The number of hydrogen-bond donors (Lipinski definition) is 1. The fourth-order valence-corrected chi connectivity index (χ4v) is 3.38. The van der Waals surface area contributed by atoms with Gasteiger partial charge in [0.1, 0.15) is 0 Å². The van der Waals surface area contributed by atoms with Crippen molar-refractivity contribution in [1.82, 2.24) is 10.2 Å². The molecule has 1 aromatic carbocycles. The molecule has 0 aliphatic carbocycles. The molecule has 5 nitrogen and oxygen atoms in total. The van der Waals surface area contributed by atoms with Crippen molar-refractivity contribution in [3.05, 3.63) is 38.3 Å². The van der Waals surface area contributed by atoms with E-state index >= 15 is 0 Å². The van der Waals surface area contributed by atoms with Crippen LogP contribution in [0.25, 0.3) is 0 Å². The number of nitro groups is 1. The zero-order valence-corrected chi connectivity index (χ0v) is 13.9. The first-order valence-electron chi connectivity index (χ1n) is 7.49. The molecule has 0 saturated carbocycles. The minimum absolute atomic E-state index is 0.142. The SMILES string of the molecule is CCCN(Cc1cccc([N+](=O)[O-])c1Br)CC1CCCN1. The van der Waals surface area contributed by atoms with Crippen LogP contribution in [0.5, 0.6) is 0 Å². The van der Waals surface area contributed by atoms with E-state index in [-0.39, 0.29) is 10.6 Å². The Morgan fingerprint density at radius 3 is 2.95 bits per heavy atom. The van der Waals surface area contributed by atoms with Crippen LogP contribution in [0.1, 0.15) is 31.7 Å². The molecular formula is C15H22BrN3O2. The van der Waals surface area contributed by atoms with Crippen LogP contribution in [0.15, 0.2) is 22.7 Å². The summed E-state index contributed by atoms with van der Waals surface area (Å²) in [5.74, 6) is 0. The van der Waals surface area contributed by atoms with Crippen LogP contribution in [0.2, 0.25) is 0 Å². The van der Waals surface area contributed by atoms with Gasteiger partial charge in [0.2, 0.25) is 0 Å². The third kappa shape index (κ3) is 4.49. The van der Waals surface area contributed by atoms with Crippen LogP contribution >= 0.6 is 15.9 Å². The van der Waals surface area contributed by atoms with E-state index < -0.39 is 0 Å². The lowest BCUT2D eigenvalue weighted by Gasteiger charge is -2.25. The van der Waals surface area contributed by atoms with Gasteiger partial charge < -0.3 is 5.32 Å². The Kier molecular flexibility index (Phi) is 6.14. The smallest absolute Gasteiger partial charge is 0.283 e. The summed E-state index contributed by atoms with van der Waals surface area (Å²) < 4.78 is 0.607. The molecule has 116 valence electrons. The predicted molar refractivity (Wildman–Crippen MR) is 87.4 cm³/mol. The first kappa shape index (κ1) is 16.4. The zero-order valence-electron chi connectivity index (χ0n) is 12.3. The van der Waals surface area contributed by atoms with Gasteiger partial charge in [0.15, 0.2) is 0 Å². The standard InChI is InChI=1S/C15H22BrN3O2/c1-2-9-18(11-13-6-4-8-17-13)10-12-5-3-7-14(15(12)16)19(20)21/h3,5,7,13,17H,2,4,6,8-11H2,1H3. The number of nitro benzene ring substituents is 1. The Bertz CT molecular complexity index is 490. The normalized spacial score (nSPS) is 18.3. The summed E-state index contributed by atoms with van der Waals surface area (Å²) in [6.07, 6.45) is 3.54. The Balaban J connectivity index is 2.08. The molecule has 1 aromatic rings. The Labute approximate surface area is 134 Å². The molecule has 2 rings (SSSR count). The number of nitrogens with zero attached hydrogens (tertiary/aromatic N) is 2. The molecule has 1 heterocycles. The summed E-state index contributed by atoms with van der Waals surface area (Å²) in [6.45, 7) is 6.02. The van der Waals surface area contributed by atoms with E-state index in [2.05, 4.69) is 33.1 Å². The largest absolute Gasteiger partial charge is 0.313 e. The molecule has 0 bridgehead atoms. The average molecular weight is 356 g/mol. The van der Waals surface area contributed by atoms with Crippen LogP contribution in [0.3, 0.4) is 0 Å². The summed E-state index contributed by atoms with van der Waals surface area (Å²) in [6, 6.07) is 5.81. The minimum Gasteiger partial charge on any atom is -0.313 e. The highest BCUT2D eigenvalue weighted by molar-refractivity contribution is 9.10. The van der Waals surface area contributed by atoms with Gasteiger partial charge in [-0.3, -0.25) is 15.0 Å². The molecule has 1 fully saturated rings. The molecule has 1 N–H and O–H groups in total. The molecule has 0 radical (unpaired) electrons. The molecule has 1 atom stereocenters. The maximum Gasteiger partial charge on any atom is 0.283 e. The lowest BCUT2D eigenvalue weighted by Crippen LogP contribution is -2.37. The fraction of sp³-hybridized carbons (Fsp3) is 0.600. The second-order valence-corrected chi connectivity index (χ2v) is 6.33. The van der Waals surface area contributed by atoms with Gasteiger partial charge in [-0.1, -0.05) is 19.1 Å². The first-order chi connectivity index (χ1) is 10.1. The average Bonchev–Trinajstić information content (AvgIpc) is 2.94. The zero-order chi connectivity index (χ0) is 15.2. The summed E-state index contributed by atoms with van der Waals surface area (Å²) >= 11 is 3.39. The number of halogens is 1. The Morgan fingerprint density at radius 2 is 2.33 bits per heavy atom. The van der Waals surface area contributed by atoms with Gasteiger partial charge in [-0.05, 0) is 53.8 Å². The van der Waals surface area contributed by atoms with Crippen molar-refractivity contribution < 1.29 is 4.92 Å². The second-order valence-electron chi connectivity index (χ2n) is 5.54. The Morgan fingerprint density at radius 1 is 1.52 bits per heavy atom. The quantitative estimate of drug-likeness (QED) is 0.602. The van der Waals surface area contributed by atoms with Gasteiger partial charge >= 0.3 is 0 Å². The van der Waals surface area contributed by atoms with Crippen molar-refractivity contribution in [3.63, 3.8) is 0 Å². The van der Waals surface area contributed by atoms with E-state index in [4.69, 9.17) is 0 Å². The molecule has 0 amide bonds. The molecule has 0 spiro atoms. The first-order valence-corrected chi connectivity index (χ1v) is 8.28. The van der Waals surface area contributed by atoms with Crippen molar-refractivity contribution in [2.45, 2.75) is 38.8 Å². The number of benzene rings is 1. The fourth-order valence-electron chi connectivity index (χ4n) is 2.85. The molecule has 0 aromatic heterocycles. The Hall–Kier alpha value is -0.980. The van der Waals surface area contributed by atoms with Gasteiger partial charge in [0.25, 0.3) is 5.69 Å². The molecule has 1 saturated heterocycles. The second kappa shape index (κ2) is 7.87. The van der Waals surface area contributed by atoms with Gasteiger partial charge in [-0.2, -0.15) is 0 Å². The molecule has 1 unspecified atom stereocenters. The summed E-state index contributed by atoms with van der Waals surface area (Å²) in [4.78, 5) is 13.1. The lowest BCUT2D eigenvalue weighted by atomic mass is 10.1. The molecule has 6 heteroatoms. The van der Waals surface area contributed by atoms with Crippen molar-refractivity contribution in [1.29, 1.82) is 0 Å². The van der Waals surface area contributed by atoms with Crippen molar-refractivity contribution >= 4 is 21.6 Å². The van der Waals surface area contributed by atoms with E-state index in [0.717, 1.165) is 38.2 Å². The third-order valence-electron chi connectivity index (χ3n) is 3.83. The van der Waals surface area contributed by atoms with Gasteiger partial charge in [-0.15, -0.1) is 0 Å². The van der Waals surface area contributed by atoms with Crippen molar-refractivity contribution in [2.75, 3.05) is 19.6 Å². The molecule has 1 aliphatic heterocycles. The molecule has 21 heavy (non-hydrogen) atoms. The van der Waals surface area contributed by atoms with E-state index in [1.54, 1.807) is 6.07 Å². The number of nitrogens with one attached hydrogen (secondary N) is 1. The minimum atomic E-state index is -0.337. The van der Waals surface area contributed by atoms with E-state index in [9.17, 15) is 10.1 Å². The van der Waals surface area contributed by atoms with Crippen LogP contribution in [-0.4, -0.2) is 35.5 Å². The summed E-state index contributed by atoms with van der Waals surface area (Å²) in [7, 11) is 0. The van der Waals surface area contributed by atoms with Crippen LogP contribution < -0.4 is 5.32 Å². The summed E-state index contributed by atoms with van der Waals surface area (Å²) in [5, 5.41) is 14.5. The van der Waals surface area contributed by atoms with E-state index in [1.807, 2.05) is 6.07 Å². The summed E-state index contributed by atoms with van der Waals surface area (Å²) in [5.41, 5.74) is 1.12. The monoisotopic (exact) mass is 355 g/mol. The third-order valence-corrected chi connectivity index (χ3v) is 4.75. The number of hydrogen-bond acceptors (Lipinski definition) is 4. The van der Waals surface area contributed by atoms with Gasteiger partial charge in [0.05, 0.1) is 9.40 Å². The van der Waals surface area contributed by atoms with Crippen LogP contribution in [-0.2, 0) is 6.54 Å². The number of rotatable bonds is 7. The predicted octanol–water partition coefficient (Wildman–Crippen LogP) is 3.32. The molecular weight excluding hydrogens is 334 g/mol. The maximum absolute atomic E-state index is 11.0. The highest BCUT2D eigenvalue weighted by Crippen LogP contribution is 2.29. The maximum atomic E-state index is 11.0. The highest BCUT2D eigenvalue weighted by atomic mass is 79.9. The van der Waals surface area contributed by atoms with Crippen molar-refractivity contribution in [3.8, 4) is 0 Å². The topological polar surface area (TPSA) is 58.4 Å². The molecule has 1 aliphatic rings. The lowest BCUT2D eigenvalue weighted by molar-refractivity contribution is -0.385. The van der Waals surface area contributed by atoms with E-state index in [0.29, 0.717) is 10.5 Å². The van der Waals surface area contributed by atoms with Crippen LogP contribution in [0, 0.1) is 10.1 Å². The van der Waals surface area contributed by atoms with Gasteiger partial charge in [0, 0.05) is 25.2 Å². The van der Waals surface area contributed by atoms with E-state index in [1.165, 1.54) is 18.9 Å². The van der Waals surface area contributed by atoms with Crippen LogP contribution in [0.4, 0.5) is 5.69 Å². The highest BCUT2D eigenvalue weighted by Gasteiger charge is 2.20.